The normalized spacial score (nSPS) is 9.55. The van der Waals surface area contributed by atoms with E-state index in [0.29, 0.717) is 6.54 Å². The van der Waals surface area contributed by atoms with Crippen LogP contribution in [-0.2, 0) is 11.3 Å². The van der Waals surface area contributed by atoms with Gasteiger partial charge in [-0.05, 0) is 0 Å². The van der Waals surface area contributed by atoms with E-state index in [9.17, 15) is 4.79 Å². The lowest BCUT2D eigenvalue weighted by atomic mass is 10.5. The van der Waals surface area contributed by atoms with Crippen LogP contribution in [0.2, 0.25) is 0 Å². The predicted octanol–water partition coefficient (Wildman–Crippen LogP) is -0.181. The summed E-state index contributed by atoms with van der Waals surface area (Å²) in [5.74, 6) is -0.00547. The van der Waals surface area contributed by atoms with E-state index in [0.717, 1.165) is 6.54 Å². The lowest BCUT2D eigenvalue weighted by Crippen LogP contribution is -2.23. The van der Waals surface area contributed by atoms with Gasteiger partial charge in [-0.25, -0.2) is 4.98 Å². The third-order valence-electron chi connectivity index (χ3n) is 1.25. The molecule has 1 aromatic rings. The summed E-state index contributed by atoms with van der Waals surface area (Å²) in [6, 6.07) is 0. The van der Waals surface area contributed by atoms with Crippen LogP contribution in [0.5, 0.6) is 0 Å². The number of amides is 1. The minimum atomic E-state index is -0.00547. The fourth-order valence-electron chi connectivity index (χ4n) is 0.732. The highest BCUT2D eigenvalue weighted by molar-refractivity contribution is 5.72. The molecular weight excluding hydrogens is 142 g/mol. The lowest BCUT2D eigenvalue weighted by Gasteiger charge is -2.01. The fraction of sp³-hybridized carbons (Fsp3) is 0.429. The van der Waals surface area contributed by atoms with Crippen LogP contribution in [0.4, 0.5) is 0 Å². The van der Waals surface area contributed by atoms with Gasteiger partial charge in [-0.1, -0.05) is 0 Å². The quantitative estimate of drug-likeness (QED) is 0.653. The molecule has 1 radical (unpaired) electrons. The maximum absolute atomic E-state index is 10.4. The number of rotatable bonds is 3. The Labute approximate surface area is 65.2 Å². The number of nitrogens with zero attached hydrogens (tertiary/aromatic N) is 2. The zero-order valence-electron chi connectivity index (χ0n) is 6.37. The third kappa shape index (κ3) is 2.84. The first-order valence-corrected chi connectivity index (χ1v) is 3.41. The van der Waals surface area contributed by atoms with Crippen molar-refractivity contribution in [3.8, 4) is 0 Å². The molecule has 4 nitrogen and oxygen atoms in total. The van der Waals surface area contributed by atoms with Crippen molar-refractivity contribution >= 4 is 5.91 Å². The Morgan fingerprint density at radius 2 is 2.64 bits per heavy atom. The second-order valence-corrected chi connectivity index (χ2v) is 2.22. The largest absolute Gasteiger partial charge is 0.355 e. The van der Waals surface area contributed by atoms with Crippen molar-refractivity contribution in [1.29, 1.82) is 0 Å². The number of carbonyl (C=O) groups is 1. The molecule has 1 N–H and O–H groups in total. The Morgan fingerprint density at radius 1 is 1.82 bits per heavy atom. The van der Waals surface area contributed by atoms with Crippen LogP contribution in [0.1, 0.15) is 6.92 Å². The Morgan fingerprint density at radius 3 is 3.18 bits per heavy atom. The topological polar surface area (TPSA) is 46.9 Å². The second-order valence-electron chi connectivity index (χ2n) is 2.22. The lowest BCUT2D eigenvalue weighted by molar-refractivity contribution is -0.118. The van der Waals surface area contributed by atoms with E-state index in [4.69, 9.17) is 0 Å². The zero-order valence-corrected chi connectivity index (χ0v) is 6.37. The van der Waals surface area contributed by atoms with Gasteiger partial charge in [0.05, 0.1) is 6.33 Å². The molecule has 11 heavy (non-hydrogen) atoms. The van der Waals surface area contributed by atoms with E-state index < -0.39 is 0 Å². The maximum Gasteiger partial charge on any atom is 0.216 e. The zero-order chi connectivity index (χ0) is 8.10. The molecule has 1 heterocycles. The van der Waals surface area contributed by atoms with Crippen molar-refractivity contribution in [3.63, 3.8) is 0 Å². The molecule has 4 heteroatoms. The van der Waals surface area contributed by atoms with E-state index in [-0.39, 0.29) is 5.91 Å². The van der Waals surface area contributed by atoms with Crippen molar-refractivity contribution in [1.82, 2.24) is 14.9 Å². The monoisotopic (exact) mass is 152 g/mol. The molecule has 0 saturated heterocycles. The molecule has 0 fully saturated rings. The Kier molecular flexibility index (Phi) is 2.66. The smallest absolute Gasteiger partial charge is 0.216 e. The minimum Gasteiger partial charge on any atom is -0.355 e. The number of carbonyl (C=O) groups excluding carboxylic acids is 1. The maximum atomic E-state index is 10.4. The molecule has 0 aliphatic heterocycles. The first kappa shape index (κ1) is 7.78. The van der Waals surface area contributed by atoms with Gasteiger partial charge in [-0.15, -0.1) is 0 Å². The molecule has 0 saturated carbocycles. The average Bonchev–Trinajstić information content (AvgIpc) is 2.39. The Bertz CT molecular complexity index is 218. The SMILES string of the molecule is CC(=O)NCCn1c[c]nc1. The van der Waals surface area contributed by atoms with Crippen LogP contribution < -0.4 is 5.32 Å². The van der Waals surface area contributed by atoms with Gasteiger partial charge >= 0.3 is 0 Å². The minimum absolute atomic E-state index is 0.00547. The van der Waals surface area contributed by atoms with E-state index in [1.807, 2.05) is 4.57 Å². The van der Waals surface area contributed by atoms with Crippen molar-refractivity contribution in [2.45, 2.75) is 13.5 Å². The standard InChI is InChI=1S/C7H10N3O/c1-7(11)9-3-5-10-4-2-8-6-10/h4,6H,3,5H2,1H3,(H,9,11). The van der Waals surface area contributed by atoms with Crippen molar-refractivity contribution in [3.05, 3.63) is 18.7 Å². The number of nitrogens with one attached hydrogen (secondary N) is 1. The highest BCUT2D eigenvalue weighted by atomic mass is 16.1. The van der Waals surface area contributed by atoms with Crippen molar-refractivity contribution < 1.29 is 4.79 Å². The number of imidazole rings is 1. The molecule has 0 aromatic carbocycles. The molecule has 0 aliphatic rings. The molecule has 0 atom stereocenters. The molecule has 59 valence electrons. The molecule has 1 amide bonds. The summed E-state index contributed by atoms with van der Waals surface area (Å²) >= 11 is 0. The number of hydrogen-bond acceptors (Lipinski definition) is 2. The Balaban J connectivity index is 2.19. The van der Waals surface area contributed by atoms with E-state index in [1.54, 1.807) is 12.5 Å². The second kappa shape index (κ2) is 3.75. The number of aromatic nitrogens is 2. The first-order valence-electron chi connectivity index (χ1n) is 3.41. The van der Waals surface area contributed by atoms with Crippen molar-refractivity contribution in [2.75, 3.05) is 6.54 Å². The van der Waals surface area contributed by atoms with Crippen LogP contribution in [0.3, 0.4) is 0 Å². The summed E-state index contributed by atoms with van der Waals surface area (Å²) in [7, 11) is 0. The van der Waals surface area contributed by atoms with Crippen LogP contribution >= 0.6 is 0 Å². The molecule has 1 aromatic heterocycles. The summed E-state index contributed by atoms with van der Waals surface area (Å²) in [5, 5.41) is 2.68. The summed E-state index contributed by atoms with van der Waals surface area (Å²) in [5.41, 5.74) is 0. The highest BCUT2D eigenvalue weighted by Crippen LogP contribution is 1.82. The average molecular weight is 152 g/mol. The van der Waals surface area contributed by atoms with E-state index >= 15 is 0 Å². The Hall–Kier alpha value is -1.32. The van der Waals surface area contributed by atoms with Gasteiger partial charge in [0.25, 0.3) is 0 Å². The van der Waals surface area contributed by atoms with Crippen LogP contribution in [0.15, 0.2) is 12.5 Å². The summed E-state index contributed by atoms with van der Waals surface area (Å²) < 4.78 is 1.86. The third-order valence-corrected chi connectivity index (χ3v) is 1.25. The molecular formula is C7H10N3O. The predicted molar refractivity (Wildman–Crippen MR) is 39.7 cm³/mol. The van der Waals surface area contributed by atoms with Gasteiger partial charge < -0.3 is 9.88 Å². The van der Waals surface area contributed by atoms with Gasteiger partial charge in [0, 0.05) is 26.2 Å². The van der Waals surface area contributed by atoms with Gasteiger partial charge in [-0.2, -0.15) is 0 Å². The van der Waals surface area contributed by atoms with Crippen LogP contribution in [-0.4, -0.2) is 22.0 Å². The van der Waals surface area contributed by atoms with Gasteiger partial charge in [0.2, 0.25) is 5.91 Å². The fourth-order valence-corrected chi connectivity index (χ4v) is 0.732. The summed E-state index contributed by atoms with van der Waals surface area (Å²) in [4.78, 5) is 14.2. The summed E-state index contributed by atoms with van der Waals surface area (Å²) in [6.45, 7) is 2.88. The van der Waals surface area contributed by atoms with Gasteiger partial charge in [0.15, 0.2) is 0 Å². The molecule has 0 spiro atoms. The van der Waals surface area contributed by atoms with Crippen LogP contribution in [0.25, 0.3) is 0 Å². The first-order chi connectivity index (χ1) is 5.29. The number of hydrogen-bond donors (Lipinski definition) is 1. The van der Waals surface area contributed by atoms with Gasteiger partial charge in [0.1, 0.15) is 6.20 Å². The summed E-state index contributed by atoms with van der Waals surface area (Å²) in [6.07, 6.45) is 6.07. The molecule has 0 unspecified atom stereocenters. The van der Waals surface area contributed by atoms with Gasteiger partial charge in [-0.3, -0.25) is 4.79 Å². The van der Waals surface area contributed by atoms with E-state index in [2.05, 4.69) is 16.5 Å². The van der Waals surface area contributed by atoms with Crippen molar-refractivity contribution in [2.24, 2.45) is 0 Å². The highest BCUT2D eigenvalue weighted by Gasteiger charge is 1.90. The van der Waals surface area contributed by atoms with Crippen LogP contribution in [0, 0.1) is 6.20 Å². The molecule has 0 bridgehead atoms. The van der Waals surface area contributed by atoms with E-state index in [1.165, 1.54) is 6.92 Å². The molecule has 0 aliphatic carbocycles. The molecule has 1 rings (SSSR count).